The van der Waals surface area contributed by atoms with Crippen molar-refractivity contribution in [2.75, 3.05) is 0 Å². The van der Waals surface area contributed by atoms with Crippen LogP contribution in [0.25, 0.3) is 0 Å². The lowest BCUT2D eigenvalue weighted by Crippen LogP contribution is -2.12. The van der Waals surface area contributed by atoms with E-state index in [1.165, 1.54) is 0 Å². The fraction of sp³-hybridized carbons (Fsp3) is 0.538. The summed E-state index contributed by atoms with van der Waals surface area (Å²) in [4.78, 5) is 0. The number of hydrogen-bond acceptors (Lipinski definition) is 1. The van der Waals surface area contributed by atoms with Gasteiger partial charge >= 0.3 is 0 Å². The highest BCUT2D eigenvalue weighted by atomic mass is 35.5. The maximum atomic E-state index is 9.88. The van der Waals surface area contributed by atoms with Crippen molar-refractivity contribution >= 4 is 23.2 Å². The van der Waals surface area contributed by atoms with Gasteiger partial charge in [-0.05, 0) is 36.5 Å². The minimum Gasteiger partial charge on any atom is -0.393 e. The second kappa shape index (κ2) is 6.48. The van der Waals surface area contributed by atoms with E-state index in [4.69, 9.17) is 23.2 Å². The summed E-state index contributed by atoms with van der Waals surface area (Å²) in [5, 5.41) is 11.2. The molecule has 0 amide bonds. The van der Waals surface area contributed by atoms with Gasteiger partial charge in [-0.15, -0.1) is 0 Å². The average molecular weight is 261 g/mol. The number of aliphatic hydroxyl groups is 1. The van der Waals surface area contributed by atoms with Crippen LogP contribution in [0.1, 0.15) is 32.3 Å². The molecule has 1 rings (SSSR count). The van der Waals surface area contributed by atoms with Gasteiger partial charge in [0, 0.05) is 16.5 Å². The highest BCUT2D eigenvalue weighted by Crippen LogP contribution is 2.26. The molecule has 0 aliphatic rings. The van der Waals surface area contributed by atoms with Crippen LogP contribution in [0.15, 0.2) is 18.2 Å². The molecule has 3 heteroatoms. The van der Waals surface area contributed by atoms with Crippen molar-refractivity contribution in [1.29, 1.82) is 0 Å². The number of benzene rings is 1. The molecular weight excluding hydrogens is 243 g/mol. The van der Waals surface area contributed by atoms with Crippen molar-refractivity contribution in [1.82, 2.24) is 0 Å². The van der Waals surface area contributed by atoms with Crippen LogP contribution in [0.4, 0.5) is 0 Å². The fourth-order valence-electron chi connectivity index (χ4n) is 1.59. The van der Waals surface area contributed by atoms with E-state index in [2.05, 4.69) is 13.8 Å². The molecule has 0 aliphatic carbocycles. The van der Waals surface area contributed by atoms with Gasteiger partial charge in [0.1, 0.15) is 0 Å². The second-order valence-electron chi connectivity index (χ2n) is 4.53. The molecule has 90 valence electrons. The summed E-state index contributed by atoms with van der Waals surface area (Å²) < 4.78 is 0. The van der Waals surface area contributed by atoms with Gasteiger partial charge in [-0.25, -0.2) is 0 Å². The van der Waals surface area contributed by atoms with Crippen molar-refractivity contribution in [3.63, 3.8) is 0 Å². The Hall–Kier alpha value is -0.240. The molecule has 1 atom stereocenters. The Bertz CT molecular complexity index is 316. The van der Waals surface area contributed by atoms with Gasteiger partial charge in [0.15, 0.2) is 0 Å². The van der Waals surface area contributed by atoms with Gasteiger partial charge in [0.05, 0.1) is 6.10 Å². The zero-order valence-electron chi connectivity index (χ0n) is 9.71. The predicted octanol–water partition coefficient (Wildman–Crippen LogP) is 4.33. The first kappa shape index (κ1) is 13.8. The van der Waals surface area contributed by atoms with Crippen LogP contribution in [-0.4, -0.2) is 11.2 Å². The monoisotopic (exact) mass is 260 g/mol. The summed E-state index contributed by atoms with van der Waals surface area (Å²) in [6, 6.07) is 5.42. The Balaban J connectivity index is 2.59. The Morgan fingerprint density at radius 1 is 1.12 bits per heavy atom. The smallest absolute Gasteiger partial charge is 0.0581 e. The zero-order valence-corrected chi connectivity index (χ0v) is 11.2. The second-order valence-corrected chi connectivity index (χ2v) is 5.34. The van der Waals surface area contributed by atoms with E-state index in [1.54, 1.807) is 12.1 Å². The van der Waals surface area contributed by atoms with Crippen molar-refractivity contribution in [3.05, 3.63) is 33.8 Å². The van der Waals surface area contributed by atoms with E-state index in [9.17, 15) is 5.11 Å². The number of aliphatic hydroxyl groups excluding tert-OH is 1. The molecule has 0 fully saturated rings. The lowest BCUT2D eigenvalue weighted by molar-refractivity contribution is 0.157. The Morgan fingerprint density at radius 2 is 1.69 bits per heavy atom. The summed E-state index contributed by atoms with van der Waals surface area (Å²) in [5.74, 6) is 0.608. The molecule has 1 aromatic rings. The van der Waals surface area contributed by atoms with Crippen LogP contribution in [0, 0.1) is 5.92 Å². The van der Waals surface area contributed by atoms with Gasteiger partial charge in [-0.2, -0.15) is 0 Å². The van der Waals surface area contributed by atoms with E-state index in [0.717, 1.165) is 18.4 Å². The molecule has 0 spiro atoms. The van der Waals surface area contributed by atoms with Gasteiger partial charge < -0.3 is 5.11 Å². The summed E-state index contributed by atoms with van der Waals surface area (Å²) in [6.45, 7) is 4.30. The topological polar surface area (TPSA) is 20.2 Å². The van der Waals surface area contributed by atoms with Crippen molar-refractivity contribution < 1.29 is 5.11 Å². The van der Waals surface area contributed by atoms with Crippen molar-refractivity contribution in [2.45, 2.75) is 39.2 Å². The quantitative estimate of drug-likeness (QED) is 0.836. The molecule has 1 nitrogen and oxygen atoms in total. The zero-order chi connectivity index (χ0) is 12.1. The van der Waals surface area contributed by atoms with E-state index in [1.807, 2.05) is 6.07 Å². The fourth-order valence-corrected chi connectivity index (χ4v) is 2.14. The third-order valence-corrected chi connectivity index (χ3v) is 3.29. The molecule has 1 aromatic carbocycles. The van der Waals surface area contributed by atoms with E-state index in [-0.39, 0.29) is 6.10 Å². The van der Waals surface area contributed by atoms with Crippen LogP contribution < -0.4 is 0 Å². The maximum absolute atomic E-state index is 9.88. The molecule has 0 saturated heterocycles. The first-order chi connectivity index (χ1) is 7.50. The highest BCUT2D eigenvalue weighted by Gasteiger charge is 2.12. The normalized spacial score (nSPS) is 13.1. The van der Waals surface area contributed by atoms with Crippen molar-refractivity contribution in [3.8, 4) is 0 Å². The minimum absolute atomic E-state index is 0.361. The molecule has 0 aromatic heterocycles. The average Bonchev–Trinajstić information content (AvgIpc) is 2.21. The van der Waals surface area contributed by atoms with Crippen LogP contribution in [-0.2, 0) is 6.42 Å². The summed E-state index contributed by atoms with van der Waals surface area (Å²) in [6.07, 6.45) is 1.98. The van der Waals surface area contributed by atoms with Crippen LogP contribution >= 0.6 is 23.2 Å². The first-order valence-electron chi connectivity index (χ1n) is 5.61. The highest BCUT2D eigenvalue weighted by molar-refractivity contribution is 6.35. The van der Waals surface area contributed by atoms with Crippen LogP contribution in [0.5, 0.6) is 0 Å². The molecule has 0 radical (unpaired) electrons. The van der Waals surface area contributed by atoms with Gasteiger partial charge in [-0.3, -0.25) is 0 Å². The molecule has 1 N–H and O–H groups in total. The van der Waals surface area contributed by atoms with Gasteiger partial charge in [0.2, 0.25) is 0 Å². The Morgan fingerprint density at radius 3 is 2.19 bits per heavy atom. The Kier molecular flexibility index (Phi) is 5.60. The first-order valence-corrected chi connectivity index (χ1v) is 6.37. The third-order valence-electron chi connectivity index (χ3n) is 2.58. The van der Waals surface area contributed by atoms with Crippen LogP contribution in [0.3, 0.4) is 0 Å². The van der Waals surface area contributed by atoms with Gasteiger partial charge in [-0.1, -0.05) is 43.1 Å². The number of halogens is 2. The van der Waals surface area contributed by atoms with Crippen LogP contribution in [0.2, 0.25) is 10.0 Å². The van der Waals surface area contributed by atoms with E-state index in [0.29, 0.717) is 22.4 Å². The lowest BCUT2D eigenvalue weighted by atomic mass is 10.00. The van der Waals surface area contributed by atoms with E-state index < -0.39 is 0 Å². The molecule has 0 bridgehead atoms. The summed E-state index contributed by atoms with van der Waals surface area (Å²) in [5.41, 5.74) is 0.849. The predicted molar refractivity (Wildman–Crippen MR) is 70.2 cm³/mol. The van der Waals surface area contributed by atoms with Gasteiger partial charge in [0.25, 0.3) is 0 Å². The minimum atomic E-state index is -0.361. The molecule has 0 heterocycles. The summed E-state index contributed by atoms with van der Waals surface area (Å²) >= 11 is 12.1. The summed E-state index contributed by atoms with van der Waals surface area (Å²) in [7, 11) is 0. The largest absolute Gasteiger partial charge is 0.393 e. The maximum Gasteiger partial charge on any atom is 0.0581 e. The lowest BCUT2D eigenvalue weighted by Gasteiger charge is -2.14. The Labute approximate surface area is 107 Å². The number of rotatable bonds is 5. The molecular formula is C13H18Cl2O. The standard InChI is InChI=1S/C13H18Cl2O/c1-9(2)6-7-10(16)8-11-12(14)4-3-5-13(11)15/h3-5,9-10,16H,6-8H2,1-2H3. The SMILES string of the molecule is CC(C)CCC(O)Cc1c(Cl)cccc1Cl. The molecule has 0 saturated carbocycles. The van der Waals surface area contributed by atoms with E-state index >= 15 is 0 Å². The number of hydrogen-bond donors (Lipinski definition) is 1. The molecule has 16 heavy (non-hydrogen) atoms. The van der Waals surface area contributed by atoms with Crippen molar-refractivity contribution in [2.24, 2.45) is 5.92 Å². The molecule has 0 aliphatic heterocycles. The molecule has 1 unspecified atom stereocenters. The third kappa shape index (κ3) is 4.32.